The van der Waals surface area contributed by atoms with Gasteiger partial charge in [-0.2, -0.15) is 0 Å². The van der Waals surface area contributed by atoms with Gasteiger partial charge in [-0.05, 0) is 53.4 Å². The predicted molar refractivity (Wildman–Crippen MR) is 109 cm³/mol. The van der Waals surface area contributed by atoms with Crippen molar-refractivity contribution in [3.63, 3.8) is 0 Å². The fourth-order valence-corrected chi connectivity index (χ4v) is 2.92. The Kier molecular flexibility index (Phi) is 5.29. The standard InChI is InChI=1S/C22H20ClNO4/c1-22(2,3)14-6-4-13(5-7-14)20(25)24-17-12-15(23)8-9-16(17)18-10-11-19(28-18)21(26)27/h4-12H,1-3H3,(H,24,25)(H,26,27). The largest absolute Gasteiger partial charge is 0.475 e. The van der Waals surface area contributed by atoms with Crippen molar-refractivity contribution in [2.24, 2.45) is 0 Å². The minimum atomic E-state index is -1.16. The van der Waals surface area contributed by atoms with E-state index in [2.05, 4.69) is 26.1 Å². The number of anilines is 1. The van der Waals surface area contributed by atoms with Crippen LogP contribution in [0.5, 0.6) is 0 Å². The van der Waals surface area contributed by atoms with Crippen molar-refractivity contribution in [2.45, 2.75) is 26.2 Å². The molecule has 1 aromatic heterocycles. The number of halogens is 1. The summed E-state index contributed by atoms with van der Waals surface area (Å²) in [5.74, 6) is -1.31. The summed E-state index contributed by atoms with van der Waals surface area (Å²) in [6.07, 6.45) is 0. The fourth-order valence-electron chi connectivity index (χ4n) is 2.75. The lowest BCUT2D eigenvalue weighted by molar-refractivity contribution is 0.0663. The number of aromatic carboxylic acids is 1. The van der Waals surface area contributed by atoms with E-state index in [1.165, 1.54) is 6.07 Å². The molecule has 0 saturated heterocycles. The first kappa shape index (κ1) is 19.7. The van der Waals surface area contributed by atoms with Crippen LogP contribution in [0.25, 0.3) is 11.3 Å². The van der Waals surface area contributed by atoms with Crippen LogP contribution in [0.3, 0.4) is 0 Å². The summed E-state index contributed by atoms with van der Waals surface area (Å²) in [7, 11) is 0. The average molecular weight is 398 g/mol. The highest BCUT2D eigenvalue weighted by atomic mass is 35.5. The molecule has 0 unspecified atom stereocenters. The van der Waals surface area contributed by atoms with Crippen LogP contribution in [0.15, 0.2) is 59.0 Å². The summed E-state index contributed by atoms with van der Waals surface area (Å²) in [6.45, 7) is 6.32. The number of carbonyl (C=O) groups excluding carboxylic acids is 1. The Morgan fingerprint density at radius 1 is 1.00 bits per heavy atom. The summed E-state index contributed by atoms with van der Waals surface area (Å²) >= 11 is 6.08. The van der Waals surface area contributed by atoms with Crippen LogP contribution in [0.2, 0.25) is 5.02 Å². The predicted octanol–water partition coefficient (Wildman–Crippen LogP) is 5.85. The van der Waals surface area contributed by atoms with Gasteiger partial charge in [0.25, 0.3) is 5.91 Å². The number of carboxylic acid groups (broad SMARTS) is 1. The van der Waals surface area contributed by atoms with Gasteiger partial charge in [0, 0.05) is 16.1 Å². The van der Waals surface area contributed by atoms with E-state index in [1.54, 1.807) is 36.4 Å². The summed E-state index contributed by atoms with van der Waals surface area (Å²) in [4.78, 5) is 23.8. The zero-order valence-electron chi connectivity index (χ0n) is 15.7. The highest BCUT2D eigenvalue weighted by molar-refractivity contribution is 6.31. The van der Waals surface area contributed by atoms with E-state index < -0.39 is 5.97 Å². The maximum absolute atomic E-state index is 12.7. The Morgan fingerprint density at radius 3 is 2.25 bits per heavy atom. The number of hydrogen-bond acceptors (Lipinski definition) is 3. The average Bonchev–Trinajstić information content (AvgIpc) is 3.11. The van der Waals surface area contributed by atoms with E-state index in [4.69, 9.17) is 21.1 Å². The first-order valence-electron chi connectivity index (χ1n) is 8.70. The molecule has 0 aliphatic carbocycles. The molecule has 0 saturated carbocycles. The second kappa shape index (κ2) is 7.52. The van der Waals surface area contributed by atoms with Gasteiger partial charge in [-0.25, -0.2) is 4.79 Å². The fraction of sp³-hybridized carbons (Fsp3) is 0.182. The molecule has 1 heterocycles. The van der Waals surface area contributed by atoms with Gasteiger partial charge in [0.1, 0.15) is 5.76 Å². The van der Waals surface area contributed by atoms with Gasteiger partial charge in [0.05, 0.1) is 5.69 Å². The molecule has 5 nitrogen and oxygen atoms in total. The first-order valence-corrected chi connectivity index (χ1v) is 9.08. The summed E-state index contributed by atoms with van der Waals surface area (Å²) in [6, 6.07) is 15.2. The second-order valence-electron chi connectivity index (χ2n) is 7.44. The van der Waals surface area contributed by atoms with E-state index in [0.717, 1.165) is 5.56 Å². The van der Waals surface area contributed by atoms with Crippen molar-refractivity contribution in [1.82, 2.24) is 0 Å². The third kappa shape index (κ3) is 4.26. The molecule has 0 fully saturated rings. The normalized spacial score (nSPS) is 11.3. The van der Waals surface area contributed by atoms with Crippen molar-refractivity contribution < 1.29 is 19.1 Å². The number of furan rings is 1. The molecule has 0 aliphatic rings. The number of carboxylic acids is 1. The minimum absolute atomic E-state index is 0.00370. The number of nitrogens with one attached hydrogen (secondary N) is 1. The van der Waals surface area contributed by atoms with Crippen LogP contribution in [-0.4, -0.2) is 17.0 Å². The highest BCUT2D eigenvalue weighted by Crippen LogP contribution is 2.32. The van der Waals surface area contributed by atoms with E-state index in [1.807, 2.05) is 12.1 Å². The number of rotatable bonds is 4. The van der Waals surface area contributed by atoms with Crippen LogP contribution in [0.4, 0.5) is 5.69 Å². The summed E-state index contributed by atoms with van der Waals surface area (Å²) in [5.41, 5.74) is 2.60. The van der Waals surface area contributed by atoms with Crippen molar-refractivity contribution in [2.75, 3.05) is 5.32 Å². The number of hydrogen-bond donors (Lipinski definition) is 2. The van der Waals surface area contributed by atoms with E-state index >= 15 is 0 Å². The molecule has 0 bridgehead atoms. The van der Waals surface area contributed by atoms with Crippen molar-refractivity contribution >= 4 is 29.2 Å². The minimum Gasteiger partial charge on any atom is -0.475 e. The Labute approximate surface area is 167 Å². The quantitative estimate of drug-likeness (QED) is 0.578. The lowest BCUT2D eigenvalue weighted by Gasteiger charge is -2.19. The molecular formula is C22H20ClNO4. The zero-order chi connectivity index (χ0) is 20.5. The van der Waals surface area contributed by atoms with Gasteiger partial charge in [0.2, 0.25) is 5.76 Å². The van der Waals surface area contributed by atoms with Crippen molar-refractivity contribution in [1.29, 1.82) is 0 Å². The van der Waals surface area contributed by atoms with Gasteiger partial charge < -0.3 is 14.8 Å². The van der Waals surface area contributed by atoms with Crippen LogP contribution in [0, 0.1) is 0 Å². The van der Waals surface area contributed by atoms with Gasteiger partial charge in [0.15, 0.2) is 0 Å². The summed E-state index contributed by atoms with van der Waals surface area (Å²) < 4.78 is 5.36. The first-order chi connectivity index (χ1) is 13.1. The molecule has 3 aromatic rings. The monoisotopic (exact) mass is 397 g/mol. The smallest absolute Gasteiger partial charge is 0.371 e. The maximum Gasteiger partial charge on any atom is 0.371 e. The number of benzene rings is 2. The summed E-state index contributed by atoms with van der Waals surface area (Å²) in [5, 5.41) is 12.3. The highest BCUT2D eigenvalue weighted by Gasteiger charge is 2.17. The molecule has 0 radical (unpaired) electrons. The molecule has 1 amide bonds. The molecular weight excluding hydrogens is 378 g/mol. The van der Waals surface area contributed by atoms with Gasteiger partial charge >= 0.3 is 5.97 Å². The lowest BCUT2D eigenvalue weighted by atomic mass is 9.86. The van der Waals surface area contributed by atoms with Crippen LogP contribution in [0.1, 0.15) is 47.2 Å². The second-order valence-corrected chi connectivity index (χ2v) is 7.88. The van der Waals surface area contributed by atoms with Crippen molar-refractivity contribution in [3.8, 4) is 11.3 Å². The molecule has 28 heavy (non-hydrogen) atoms. The molecule has 144 valence electrons. The molecule has 6 heteroatoms. The molecule has 0 spiro atoms. The van der Waals surface area contributed by atoms with E-state index in [9.17, 15) is 9.59 Å². The van der Waals surface area contributed by atoms with E-state index in [-0.39, 0.29) is 17.1 Å². The zero-order valence-corrected chi connectivity index (χ0v) is 16.5. The van der Waals surface area contributed by atoms with Crippen LogP contribution < -0.4 is 5.32 Å². The van der Waals surface area contributed by atoms with E-state index in [0.29, 0.717) is 27.6 Å². The molecule has 3 rings (SSSR count). The maximum atomic E-state index is 12.7. The third-order valence-electron chi connectivity index (χ3n) is 4.33. The molecule has 0 aliphatic heterocycles. The topological polar surface area (TPSA) is 79.5 Å². The number of carbonyl (C=O) groups is 2. The third-order valence-corrected chi connectivity index (χ3v) is 4.56. The Hall–Kier alpha value is -3.05. The number of amides is 1. The SMILES string of the molecule is CC(C)(C)c1ccc(C(=O)Nc2cc(Cl)ccc2-c2ccc(C(=O)O)o2)cc1. The van der Waals surface area contributed by atoms with Crippen LogP contribution >= 0.6 is 11.6 Å². The Bertz CT molecular complexity index is 1030. The van der Waals surface area contributed by atoms with Crippen LogP contribution in [-0.2, 0) is 5.41 Å². The lowest BCUT2D eigenvalue weighted by Crippen LogP contribution is -2.14. The van der Waals surface area contributed by atoms with Gasteiger partial charge in [-0.1, -0.05) is 44.5 Å². The van der Waals surface area contributed by atoms with Crippen molar-refractivity contribution in [3.05, 3.63) is 76.5 Å². The van der Waals surface area contributed by atoms with Gasteiger partial charge in [-0.15, -0.1) is 0 Å². The Balaban J connectivity index is 1.90. The molecule has 2 N–H and O–H groups in total. The molecule has 0 atom stereocenters. The van der Waals surface area contributed by atoms with Gasteiger partial charge in [-0.3, -0.25) is 4.79 Å². The Morgan fingerprint density at radius 2 is 1.68 bits per heavy atom. The molecule has 2 aromatic carbocycles.